The fourth-order valence-corrected chi connectivity index (χ4v) is 5.43. The maximum absolute atomic E-state index is 13.6. The van der Waals surface area contributed by atoms with E-state index in [0.717, 1.165) is 23.2 Å². The van der Waals surface area contributed by atoms with Gasteiger partial charge in [0.05, 0.1) is 24.4 Å². The summed E-state index contributed by atoms with van der Waals surface area (Å²) < 4.78 is 5.41. The Kier molecular flexibility index (Phi) is 9.61. The van der Waals surface area contributed by atoms with Crippen LogP contribution < -0.4 is 16.0 Å². The zero-order valence-corrected chi connectivity index (χ0v) is 23.1. The van der Waals surface area contributed by atoms with Crippen LogP contribution in [0.1, 0.15) is 49.9 Å². The van der Waals surface area contributed by atoms with E-state index in [2.05, 4.69) is 16.0 Å². The van der Waals surface area contributed by atoms with Gasteiger partial charge >= 0.3 is 6.09 Å². The minimum absolute atomic E-state index is 0.192. The number of fused-ring (bicyclic) bond motifs is 1. The summed E-state index contributed by atoms with van der Waals surface area (Å²) in [6, 6.07) is 17.1. The van der Waals surface area contributed by atoms with Crippen molar-refractivity contribution in [2.24, 2.45) is 5.92 Å². The topological polar surface area (TPSA) is 123 Å². The molecule has 0 radical (unpaired) electrons. The van der Waals surface area contributed by atoms with Gasteiger partial charge in [-0.3, -0.25) is 9.69 Å². The Morgan fingerprint density at radius 1 is 1.10 bits per heavy atom. The van der Waals surface area contributed by atoms with Crippen molar-refractivity contribution in [3.63, 3.8) is 0 Å². The molecule has 0 saturated carbocycles. The number of aliphatic hydroxyl groups excluding tert-OH is 2. The van der Waals surface area contributed by atoms with Crippen molar-refractivity contribution < 1.29 is 24.5 Å². The molecule has 9 heteroatoms. The monoisotopic (exact) mass is 538 g/mol. The van der Waals surface area contributed by atoms with Crippen molar-refractivity contribution in [1.29, 1.82) is 0 Å². The van der Waals surface area contributed by atoms with Crippen LogP contribution in [-0.2, 0) is 22.4 Å². The summed E-state index contributed by atoms with van der Waals surface area (Å²) >= 11 is 0. The second kappa shape index (κ2) is 12.9. The summed E-state index contributed by atoms with van der Waals surface area (Å²) in [4.78, 5) is 28.0. The minimum atomic E-state index is -0.800. The number of piperazine rings is 1. The Hall–Kier alpha value is -2.98. The lowest BCUT2D eigenvalue weighted by molar-refractivity contribution is -0.127. The summed E-state index contributed by atoms with van der Waals surface area (Å²) in [6.45, 7) is 7.63. The van der Waals surface area contributed by atoms with Gasteiger partial charge in [-0.2, -0.15) is 0 Å². The molecule has 2 aromatic carbocycles. The largest absolute Gasteiger partial charge is 0.444 e. The molecule has 1 aliphatic heterocycles. The van der Waals surface area contributed by atoms with E-state index in [0.29, 0.717) is 32.5 Å². The van der Waals surface area contributed by atoms with E-state index < -0.39 is 35.9 Å². The quantitative estimate of drug-likeness (QED) is 0.331. The molecule has 1 fully saturated rings. The first-order valence-electron chi connectivity index (χ1n) is 13.8. The molecule has 2 aromatic rings. The average molecular weight is 539 g/mol. The standard InChI is InChI=1S/C30H42N4O5/c1-30(2,3)39-29(38)32-26-18-31-13-14-34(26)19-23(35)16-22(15-20-9-5-4-6-10-20)28(37)33-27-24-12-8-7-11-21(24)17-25(27)36/h4-12,22-23,25-27,31,35-36H,13-19H2,1-3H3,(H,32,38)(H,33,37)/t22-,23+,25?,26?,27?/m1/s1. The predicted octanol–water partition coefficient (Wildman–Crippen LogP) is 2.13. The normalized spacial score (nSPS) is 22.9. The molecule has 2 amide bonds. The summed E-state index contributed by atoms with van der Waals surface area (Å²) in [5.41, 5.74) is 2.37. The van der Waals surface area contributed by atoms with Crippen molar-refractivity contribution in [2.75, 3.05) is 26.2 Å². The van der Waals surface area contributed by atoms with Crippen LogP contribution in [-0.4, -0.2) is 77.3 Å². The number of aliphatic hydroxyl groups is 2. The minimum Gasteiger partial charge on any atom is -0.444 e. The first-order valence-corrected chi connectivity index (χ1v) is 13.8. The zero-order valence-electron chi connectivity index (χ0n) is 23.1. The number of β-amino-alcohol motifs (C(OH)–C–C–N with tert-alkyl or cyclic N) is 1. The highest BCUT2D eigenvalue weighted by atomic mass is 16.6. The van der Waals surface area contributed by atoms with Crippen molar-refractivity contribution in [3.05, 3.63) is 71.3 Å². The molecular weight excluding hydrogens is 496 g/mol. The Morgan fingerprint density at radius 2 is 1.82 bits per heavy atom. The molecule has 39 heavy (non-hydrogen) atoms. The average Bonchev–Trinajstić information content (AvgIpc) is 3.19. The zero-order chi connectivity index (χ0) is 28.0. The fraction of sp³-hybridized carbons (Fsp3) is 0.533. The van der Waals surface area contributed by atoms with E-state index in [4.69, 9.17) is 4.74 Å². The summed E-state index contributed by atoms with van der Waals surface area (Å²) in [5, 5.41) is 31.1. The molecule has 1 aliphatic carbocycles. The first-order chi connectivity index (χ1) is 18.6. The van der Waals surface area contributed by atoms with Gasteiger partial charge in [0.25, 0.3) is 0 Å². The third-order valence-corrected chi connectivity index (χ3v) is 7.24. The number of rotatable bonds is 9. The Labute approximate surface area is 230 Å². The van der Waals surface area contributed by atoms with Gasteiger partial charge in [-0.1, -0.05) is 54.6 Å². The predicted molar refractivity (Wildman–Crippen MR) is 149 cm³/mol. The second-order valence-corrected chi connectivity index (χ2v) is 11.6. The van der Waals surface area contributed by atoms with Gasteiger partial charge in [-0.25, -0.2) is 4.79 Å². The van der Waals surface area contributed by atoms with Crippen molar-refractivity contribution in [3.8, 4) is 0 Å². The van der Waals surface area contributed by atoms with E-state index in [-0.39, 0.29) is 18.5 Å². The third kappa shape index (κ3) is 8.25. The third-order valence-electron chi connectivity index (χ3n) is 7.24. The van der Waals surface area contributed by atoms with Gasteiger partial charge in [-0.15, -0.1) is 0 Å². The number of hydrogen-bond donors (Lipinski definition) is 5. The first kappa shape index (κ1) is 29.0. The molecule has 1 heterocycles. The van der Waals surface area contributed by atoms with Crippen LogP contribution in [0.4, 0.5) is 4.79 Å². The number of alkyl carbamates (subject to hydrolysis) is 1. The van der Waals surface area contributed by atoms with Gasteiger partial charge in [0, 0.05) is 38.5 Å². The number of carbonyl (C=O) groups excluding carboxylic acids is 2. The van der Waals surface area contributed by atoms with E-state index in [1.54, 1.807) is 0 Å². The highest BCUT2D eigenvalue weighted by Gasteiger charge is 2.35. The number of benzene rings is 2. The van der Waals surface area contributed by atoms with Gasteiger partial charge in [0.1, 0.15) is 5.60 Å². The summed E-state index contributed by atoms with van der Waals surface area (Å²) in [7, 11) is 0. The maximum Gasteiger partial charge on any atom is 0.408 e. The SMILES string of the molecule is CC(C)(C)OC(=O)NC1CNCCN1C[C@@H](O)C[C@@H](Cc1ccccc1)C(=O)NC1c2ccccc2CC1O. The Balaban J connectivity index is 1.42. The van der Waals surface area contributed by atoms with Crippen LogP contribution >= 0.6 is 0 Å². The molecule has 0 spiro atoms. The lowest BCUT2D eigenvalue weighted by Gasteiger charge is -2.38. The smallest absolute Gasteiger partial charge is 0.408 e. The number of carbonyl (C=O) groups is 2. The van der Waals surface area contributed by atoms with E-state index in [1.165, 1.54) is 0 Å². The van der Waals surface area contributed by atoms with Gasteiger partial charge < -0.3 is 30.9 Å². The molecule has 4 rings (SSSR count). The molecular formula is C30H42N4O5. The van der Waals surface area contributed by atoms with E-state index >= 15 is 0 Å². The van der Waals surface area contributed by atoms with Crippen LogP contribution in [0.5, 0.6) is 0 Å². The molecule has 0 aromatic heterocycles. The number of nitrogens with zero attached hydrogens (tertiary/aromatic N) is 1. The molecule has 2 aliphatic rings. The van der Waals surface area contributed by atoms with E-state index in [9.17, 15) is 19.8 Å². The summed E-state index contributed by atoms with van der Waals surface area (Å²) in [5.74, 6) is -0.690. The molecule has 0 bridgehead atoms. The molecule has 5 N–H and O–H groups in total. The highest BCUT2D eigenvalue weighted by Crippen LogP contribution is 2.32. The van der Waals surface area contributed by atoms with Gasteiger partial charge in [0.2, 0.25) is 5.91 Å². The molecule has 5 atom stereocenters. The molecule has 9 nitrogen and oxygen atoms in total. The number of hydrogen-bond acceptors (Lipinski definition) is 7. The number of nitrogens with one attached hydrogen (secondary N) is 3. The van der Waals surface area contributed by atoms with Crippen LogP contribution in [0.3, 0.4) is 0 Å². The Bertz CT molecular complexity index is 1110. The van der Waals surface area contributed by atoms with Crippen LogP contribution in [0, 0.1) is 5.92 Å². The van der Waals surface area contributed by atoms with Crippen LogP contribution in [0.25, 0.3) is 0 Å². The number of amides is 2. The highest BCUT2D eigenvalue weighted by molar-refractivity contribution is 5.80. The van der Waals surface area contributed by atoms with Crippen LogP contribution in [0.2, 0.25) is 0 Å². The van der Waals surface area contributed by atoms with Crippen LogP contribution in [0.15, 0.2) is 54.6 Å². The molecule has 3 unspecified atom stereocenters. The lowest BCUT2D eigenvalue weighted by Crippen LogP contribution is -2.61. The van der Waals surface area contributed by atoms with E-state index in [1.807, 2.05) is 80.3 Å². The Morgan fingerprint density at radius 3 is 2.56 bits per heavy atom. The number of ether oxygens (including phenoxy) is 1. The van der Waals surface area contributed by atoms with Crippen molar-refractivity contribution in [2.45, 2.75) is 70.1 Å². The van der Waals surface area contributed by atoms with Crippen molar-refractivity contribution in [1.82, 2.24) is 20.9 Å². The second-order valence-electron chi connectivity index (χ2n) is 11.6. The maximum atomic E-state index is 13.6. The van der Waals surface area contributed by atoms with Crippen molar-refractivity contribution >= 4 is 12.0 Å². The lowest BCUT2D eigenvalue weighted by atomic mass is 9.91. The van der Waals surface area contributed by atoms with Gasteiger partial charge in [0.15, 0.2) is 0 Å². The molecule has 1 saturated heterocycles. The fourth-order valence-electron chi connectivity index (χ4n) is 5.43. The molecule has 212 valence electrons. The summed E-state index contributed by atoms with van der Waals surface area (Å²) in [6.07, 6.45) is -1.12. The van der Waals surface area contributed by atoms with Gasteiger partial charge in [-0.05, 0) is 50.3 Å².